The predicted octanol–water partition coefficient (Wildman–Crippen LogP) is 6.41. The van der Waals surface area contributed by atoms with Gasteiger partial charge in [-0.25, -0.2) is 9.78 Å². The number of rotatable bonds is 7. The second-order valence-electron chi connectivity index (χ2n) is 11.5. The second kappa shape index (κ2) is 10.8. The molecule has 1 saturated heterocycles. The minimum atomic E-state index is -0.664. The summed E-state index contributed by atoms with van der Waals surface area (Å²) in [5.41, 5.74) is 4.13. The molecule has 2 bridgehead atoms. The number of ketones is 1. The first kappa shape index (κ1) is 28.2. The molecule has 4 unspecified atom stereocenters. The van der Waals surface area contributed by atoms with Gasteiger partial charge in [-0.05, 0) is 73.7 Å². The molecule has 0 spiro atoms. The quantitative estimate of drug-likeness (QED) is 0.0985. The fourth-order valence-corrected chi connectivity index (χ4v) is 7.27. The van der Waals surface area contributed by atoms with Gasteiger partial charge in [-0.15, -0.1) is 0 Å². The number of halogens is 1. The highest BCUT2D eigenvalue weighted by atomic mass is 79.9. The highest BCUT2D eigenvalue weighted by molar-refractivity contribution is 9.10. The molecule has 3 aromatic carbocycles. The largest absolute Gasteiger partial charge is 0.497 e. The van der Waals surface area contributed by atoms with Gasteiger partial charge >= 0.3 is 5.97 Å². The van der Waals surface area contributed by atoms with Crippen LogP contribution in [0, 0.1) is 23.7 Å². The highest BCUT2D eigenvalue weighted by Gasteiger charge is 2.60. The number of anilines is 1. The van der Waals surface area contributed by atoms with Crippen LogP contribution in [0.15, 0.2) is 88.9 Å². The minimum Gasteiger partial charge on any atom is -0.497 e. The number of esters is 1. The van der Waals surface area contributed by atoms with E-state index in [1.165, 1.54) is 17.6 Å². The molecule has 44 heavy (non-hydrogen) atoms. The van der Waals surface area contributed by atoms with E-state index in [9.17, 15) is 19.2 Å². The van der Waals surface area contributed by atoms with E-state index in [0.29, 0.717) is 39.2 Å². The molecule has 7 rings (SSSR count). The summed E-state index contributed by atoms with van der Waals surface area (Å²) in [6, 6.07) is 20.7. The van der Waals surface area contributed by atoms with Gasteiger partial charge in [-0.3, -0.25) is 19.3 Å². The van der Waals surface area contributed by atoms with Crippen LogP contribution in [-0.4, -0.2) is 42.3 Å². The van der Waals surface area contributed by atoms with Crippen LogP contribution in [0.4, 0.5) is 5.69 Å². The topological polar surface area (TPSA) is 103 Å². The van der Waals surface area contributed by atoms with Gasteiger partial charge in [0.25, 0.3) is 0 Å². The van der Waals surface area contributed by atoms with Crippen molar-refractivity contribution < 1.29 is 28.7 Å². The van der Waals surface area contributed by atoms with E-state index in [0.717, 1.165) is 10.9 Å². The summed E-state index contributed by atoms with van der Waals surface area (Å²) >= 11 is 3.46. The van der Waals surface area contributed by atoms with Gasteiger partial charge in [0.2, 0.25) is 11.8 Å². The molecule has 2 amide bonds. The number of benzene rings is 3. The zero-order valence-corrected chi connectivity index (χ0v) is 25.5. The lowest BCUT2D eigenvalue weighted by Gasteiger charge is -2.19. The van der Waals surface area contributed by atoms with Crippen molar-refractivity contribution in [3.8, 4) is 17.0 Å². The zero-order valence-electron chi connectivity index (χ0n) is 24.0. The molecule has 4 aromatic rings. The predicted molar refractivity (Wildman–Crippen MR) is 167 cm³/mol. The lowest BCUT2D eigenvalue weighted by atomic mass is 9.82. The van der Waals surface area contributed by atoms with E-state index in [2.05, 4.69) is 22.0 Å². The van der Waals surface area contributed by atoms with Crippen molar-refractivity contribution >= 4 is 56.1 Å². The van der Waals surface area contributed by atoms with Crippen LogP contribution in [-0.2, 0) is 14.3 Å². The van der Waals surface area contributed by atoms with Crippen LogP contribution >= 0.6 is 15.9 Å². The smallest absolute Gasteiger partial charge is 0.339 e. The number of hydrogen-bond donors (Lipinski definition) is 0. The van der Waals surface area contributed by atoms with Crippen LogP contribution in [0.2, 0.25) is 0 Å². The molecule has 2 heterocycles. The number of nitrogens with zero attached hydrogens (tertiary/aromatic N) is 2. The molecule has 3 aliphatic rings. The summed E-state index contributed by atoms with van der Waals surface area (Å²) in [6.45, 7) is 1.61. The van der Waals surface area contributed by atoms with Gasteiger partial charge in [0.15, 0.2) is 12.4 Å². The Labute approximate surface area is 261 Å². The van der Waals surface area contributed by atoms with Crippen LogP contribution in [0.25, 0.3) is 22.2 Å². The Morgan fingerprint density at radius 2 is 1.75 bits per heavy atom. The van der Waals surface area contributed by atoms with E-state index in [1.807, 2.05) is 13.0 Å². The van der Waals surface area contributed by atoms with Gasteiger partial charge < -0.3 is 9.47 Å². The first-order valence-corrected chi connectivity index (χ1v) is 15.1. The summed E-state index contributed by atoms with van der Waals surface area (Å²) in [5.74, 6) is -1.02. The number of imide groups is 1. The first-order chi connectivity index (χ1) is 21.2. The summed E-state index contributed by atoms with van der Waals surface area (Å²) in [5, 5.41) is 0.567. The number of Topliss-reactive ketones (excluding diaryl/α,β-unsaturated/α-hetero) is 1. The maximum Gasteiger partial charge on any atom is 0.339 e. The molecular formula is C35H27BrN2O6. The lowest BCUT2D eigenvalue weighted by Crippen LogP contribution is -2.32. The van der Waals surface area contributed by atoms with Gasteiger partial charge in [0.05, 0.1) is 41.4 Å². The average molecular weight is 652 g/mol. The third-order valence-electron chi connectivity index (χ3n) is 9.02. The second-order valence-corrected chi connectivity index (χ2v) is 12.4. The molecule has 1 aromatic heterocycles. The molecule has 220 valence electrons. The average Bonchev–Trinajstić information content (AvgIpc) is 3.68. The summed E-state index contributed by atoms with van der Waals surface area (Å²) in [7, 11) is 1.51. The van der Waals surface area contributed by atoms with E-state index >= 15 is 0 Å². The van der Waals surface area contributed by atoms with E-state index in [-0.39, 0.29) is 46.8 Å². The van der Waals surface area contributed by atoms with Crippen molar-refractivity contribution in [1.82, 2.24) is 4.98 Å². The normalized spacial score (nSPS) is 21.9. The Bertz CT molecular complexity index is 1920. The fraction of sp³-hybridized carbons (Fsp3) is 0.229. The van der Waals surface area contributed by atoms with Crippen LogP contribution in [0.5, 0.6) is 5.75 Å². The fourth-order valence-electron chi connectivity index (χ4n) is 6.91. The third-order valence-corrected chi connectivity index (χ3v) is 9.51. The van der Waals surface area contributed by atoms with Crippen molar-refractivity contribution in [2.45, 2.75) is 13.3 Å². The van der Waals surface area contributed by atoms with Gasteiger partial charge in [0.1, 0.15) is 5.75 Å². The Morgan fingerprint density at radius 3 is 2.52 bits per heavy atom. The van der Waals surface area contributed by atoms with Crippen LogP contribution in [0.3, 0.4) is 0 Å². The third kappa shape index (κ3) is 4.63. The van der Waals surface area contributed by atoms with Crippen molar-refractivity contribution in [3.63, 3.8) is 0 Å². The highest BCUT2D eigenvalue weighted by Crippen LogP contribution is 2.56. The Morgan fingerprint density at radius 1 is 0.977 bits per heavy atom. The first-order valence-electron chi connectivity index (χ1n) is 14.3. The molecular weight excluding hydrogens is 624 g/mol. The molecule has 2 aliphatic carbocycles. The SMILES string of the molecule is COc1cccc(C(=O)COC(=O)c2cc(-c3ccc(N4C(=O)C5C6C=C(C)C(C6)C5C4=O)cc3)nc3ccc(Br)cc23)c1. The van der Waals surface area contributed by atoms with Crippen molar-refractivity contribution in [1.29, 1.82) is 0 Å². The molecule has 4 atom stereocenters. The number of carbonyl (C=O) groups excluding carboxylic acids is 4. The molecule has 8 nitrogen and oxygen atoms in total. The van der Waals surface area contributed by atoms with E-state index < -0.39 is 12.6 Å². The molecule has 0 N–H and O–H groups in total. The number of aromatic nitrogens is 1. The number of ether oxygens (including phenoxy) is 2. The Kier molecular flexibility index (Phi) is 6.93. The standard InChI is InChI=1S/C35H27BrN2O6/c1-18-12-21-14-25(18)32-31(21)33(40)38(34(32)41)23-9-6-19(7-10-23)29-16-27(26-15-22(36)8-11-28(26)37-29)35(42)44-17-30(39)20-4-3-5-24(13-20)43-2/h3-13,15-16,21,25,31-32H,14,17H2,1-2H3. The Balaban J connectivity index is 1.15. The van der Waals surface area contributed by atoms with Gasteiger partial charge in [-0.2, -0.15) is 0 Å². The zero-order chi connectivity index (χ0) is 30.7. The molecule has 2 fully saturated rings. The number of methoxy groups -OCH3 is 1. The van der Waals surface area contributed by atoms with E-state index in [4.69, 9.17) is 14.5 Å². The van der Waals surface area contributed by atoms with E-state index in [1.54, 1.807) is 66.7 Å². The number of carbonyl (C=O) groups is 4. The lowest BCUT2D eigenvalue weighted by molar-refractivity contribution is -0.123. The number of amides is 2. The maximum atomic E-state index is 13.4. The molecule has 1 aliphatic heterocycles. The minimum absolute atomic E-state index is 0.129. The number of hydrogen-bond acceptors (Lipinski definition) is 7. The van der Waals surface area contributed by atoms with Crippen LogP contribution < -0.4 is 9.64 Å². The molecule has 0 radical (unpaired) electrons. The van der Waals surface area contributed by atoms with Crippen molar-refractivity contribution in [3.05, 3.63) is 100 Å². The summed E-state index contributed by atoms with van der Waals surface area (Å²) in [6.07, 6.45) is 3.04. The van der Waals surface area contributed by atoms with Crippen molar-refractivity contribution in [2.75, 3.05) is 18.6 Å². The molecule has 1 saturated carbocycles. The van der Waals surface area contributed by atoms with Gasteiger partial charge in [-0.1, -0.05) is 51.8 Å². The van der Waals surface area contributed by atoms with Crippen molar-refractivity contribution in [2.24, 2.45) is 23.7 Å². The molecule has 9 heteroatoms. The summed E-state index contributed by atoms with van der Waals surface area (Å²) in [4.78, 5) is 59.0. The Hall–Kier alpha value is -4.63. The number of pyridine rings is 1. The monoisotopic (exact) mass is 650 g/mol. The summed E-state index contributed by atoms with van der Waals surface area (Å²) < 4.78 is 11.4. The maximum absolute atomic E-state index is 13.4. The van der Waals surface area contributed by atoms with Crippen LogP contribution in [0.1, 0.15) is 34.1 Å². The number of allylic oxidation sites excluding steroid dienone is 2. The number of fused-ring (bicyclic) bond motifs is 6. The van der Waals surface area contributed by atoms with Gasteiger partial charge in [0, 0.05) is 21.0 Å².